The molecule has 0 bridgehead atoms. The van der Waals surface area contributed by atoms with Gasteiger partial charge in [0.2, 0.25) is 0 Å². The van der Waals surface area contributed by atoms with E-state index in [2.05, 4.69) is 0 Å². The molecule has 1 heterocycles. The van der Waals surface area contributed by atoms with Crippen LogP contribution in [-0.2, 0) is 11.3 Å². The molecule has 24 heavy (non-hydrogen) atoms. The molecule has 126 valence electrons. The monoisotopic (exact) mass is 345 g/mol. The molecule has 1 aliphatic heterocycles. The lowest BCUT2D eigenvalue weighted by Crippen LogP contribution is -2.37. The number of nitrogens with zero attached hydrogens (tertiary/aromatic N) is 1. The number of benzene rings is 2. The molecule has 1 amide bonds. The Bertz CT molecular complexity index is 713. The first-order chi connectivity index (χ1) is 11.6. The molecule has 0 aliphatic carbocycles. The summed E-state index contributed by atoms with van der Waals surface area (Å²) in [6.45, 7) is 1.57. The number of phenolic OH excluding ortho intramolecular Hbond substituents is 1. The molecular weight excluding hydrogens is 326 g/mol. The zero-order valence-electron chi connectivity index (χ0n) is 13.3. The van der Waals surface area contributed by atoms with Crippen molar-refractivity contribution in [1.29, 1.82) is 0 Å². The van der Waals surface area contributed by atoms with Gasteiger partial charge in [-0.2, -0.15) is 0 Å². The first-order valence-electron chi connectivity index (χ1n) is 8.07. The third-order valence-electron chi connectivity index (χ3n) is 4.16. The number of ether oxygens (including phenoxy) is 1. The van der Waals surface area contributed by atoms with Crippen LogP contribution in [0.3, 0.4) is 0 Å². The number of rotatable bonds is 5. The van der Waals surface area contributed by atoms with Gasteiger partial charge in [0, 0.05) is 35.8 Å². The summed E-state index contributed by atoms with van der Waals surface area (Å²) >= 11 is 6.01. The summed E-state index contributed by atoms with van der Waals surface area (Å²) in [7, 11) is 0. The molecule has 0 saturated carbocycles. The van der Waals surface area contributed by atoms with E-state index in [0.29, 0.717) is 29.2 Å². The smallest absolute Gasteiger partial charge is 0.254 e. The van der Waals surface area contributed by atoms with Crippen molar-refractivity contribution in [3.63, 3.8) is 0 Å². The lowest BCUT2D eigenvalue weighted by molar-refractivity contribution is 0.0506. The highest BCUT2D eigenvalue weighted by molar-refractivity contribution is 6.30. The second-order valence-corrected chi connectivity index (χ2v) is 6.40. The Morgan fingerprint density at radius 1 is 1.25 bits per heavy atom. The van der Waals surface area contributed by atoms with Gasteiger partial charge in [-0.05, 0) is 37.1 Å². The van der Waals surface area contributed by atoms with Crippen LogP contribution >= 0.6 is 11.6 Å². The minimum absolute atomic E-state index is 0.0407. The molecule has 1 saturated heterocycles. The Labute approximate surface area is 146 Å². The van der Waals surface area contributed by atoms with Crippen LogP contribution in [0.4, 0.5) is 0 Å². The van der Waals surface area contributed by atoms with Gasteiger partial charge in [-0.25, -0.2) is 0 Å². The lowest BCUT2D eigenvalue weighted by atomic mass is 10.1. The van der Waals surface area contributed by atoms with Gasteiger partial charge in [0.05, 0.1) is 6.10 Å². The van der Waals surface area contributed by atoms with Crippen LogP contribution < -0.4 is 0 Å². The molecule has 0 aromatic heterocycles. The largest absolute Gasteiger partial charge is 0.508 e. The zero-order chi connectivity index (χ0) is 16.9. The van der Waals surface area contributed by atoms with Crippen molar-refractivity contribution >= 4 is 17.5 Å². The Kier molecular flexibility index (Phi) is 5.38. The molecule has 1 unspecified atom stereocenters. The minimum Gasteiger partial charge on any atom is -0.508 e. The van der Waals surface area contributed by atoms with Crippen LogP contribution in [0.5, 0.6) is 5.75 Å². The van der Waals surface area contributed by atoms with Crippen molar-refractivity contribution in [3.8, 4) is 5.75 Å². The number of para-hydroxylation sites is 1. The van der Waals surface area contributed by atoms with Crippen LogP contribution in [0.2, 0.25) is 5.02 Å². The maximum atomic E-state index is 12.9. The maximum absolute atomic E-state index is 12.9. The molecule has 1 atom stereocenters. The van der Waals surface area contributed by atoms with Crippen LogP contribution in [0.1, 0.15) is 28.8 Å². The number of halogens is 1. The Balaban J connectivity index is 1.83. The number of hydrogen-bond acceptors (Lipinski definition) is 3. The van der Waals surface area contributed by atoms with E-state index in [9.17, 15) is 9.90 Å². The van der Waals surface area contributed by atoms with Crippen molar-refractivity contribution in [2.24, 2.45) is 0 Å². The summed E-state index contributed by atoms with van der Waals surface area (Å²) in [4.78, 5) is 14.6. The minimum atomic E-state index is -0.115. The van der Waals surface area contributed by atoms with E-state index in [4.69, 9.17) is 16.3 Å². The Morgan fingerprint density at radius 3 is 2.79 bits per heavy atom. The molecule has 5 heteroatoms. The quantitative estimate of drug-likeness (QED) is 0.895. The van der Waals surface area contributed by atoms with Crippen molar-refractivity contribution in [3.05, 3.63) is 64.7 Å². The van der Waals surface area contributed by atoms with E-state index in [1.165, 1.54) is 0 Å². The molecule has 0 spiro atoms. The first-order valence-corrected chi connectivity index (χ1v) is 8.44. The molecule has 4 nitrogen and oxygen atoms in total. The van der Waals surface area contributed by atoms with E-state index in [1.54, 1.807) is 41.3 Å². The predicted octanol–water partition coefficient (Wildman–Crippen LogP) is 3.87. The van der Waals surface area contributed by atoms with Crippen molar-refractivity contribution in [2.45, 2.75) is 25.5 Å². The molecule has 3 rings (SSSR count). The van der Waals surface area contributed by atoms with Crippen molar-refractivity contribution < 1.29 is 14.6 Å². The summed E-state index contributed by atoms with van der Waals surface area (Å²) in [5.41, 5.74) is 1.25. The number of carbonyl (C=O) groups is 1. The SMILES string of the molecule is O=C(c1cccc(Cl)c1)N(Cc1ccccc1O)CC1CCCO1. The number of phenols is 1. The van der Waals surface area contributed by atoms with E-state index in [-0.39, 0.29) is 17.8 Å². The summed E-state index contributed by atoms with van der Waals surface area (Å²) in [5.74, 6) is 0.0741. The summed E-state index contributed by atoms with van der Waals surface area (Å²) in [6, 6.07) is 14.0. The second kappa shape index (κ2) is 7.69. The maximum Gasteiger partial charge on any atom is 0.254 e. The van der Waals surface area contributed by atoms with Gasteiger partial charge in [0.15, 0.2) is 0 Å². The van der Waals surface area contributed by atoms with E-state index in [0.717, 1.165) is 19.4 Å². The number of aromatic hydroxyl groups is 1. The van der Waals surface area contributed by atoms with Crippen LogP contribution in [0, 0.1) is 0 Å². The first kappa shape index (κ1) is 16.8. The van der Waals surface area contributed by atoms with Gasteiger partial charge in [0.25, 0.3) is 5.91 Å². The fraction of sp³-hybridized carbons (Fsp3) is 0.316. The normalized spacial score (nSPS) is 17.0. The molecular formula is C19H20ClNO3. The highest BCUT2D eigenvalue weighted by Gasteiger charge is 2.24. The van der Waals surface area contributed by atoms with Gasteiger partial charge in [0.1, 0.15) is 5.75 Å². The average molecular weight is 346 g/mol. The van der Waals surface area contributed by atoms with Crippen LogP contribution in [0.15, 0.2) is 48.5 Å². The number of amides is 1. The van der Waals surface area contributed by atoms with Gasteiger partial charge in [-0.15, -0.1) is 0 Å². The van der Waals surface area contributed by atoms with E-state index < -0.39 is 0 Å². The van der Waals surface area contributed by atoms with E-state index >= 15 is 0 Å². The van der Waals surface area contributed by atoms with Gasteiger partial charge in [-0.1, -0.05) is 35.9 Å². The summed E-state index contributed by atoms with van der Waals surface area (Å²) in [5, 5.41) is 10.6. The second-order valence-electron chi connectivity index (χ2n) is 5.96. The molecule has 1 N–H and O–H groups in total. The molecule has 0 radical (unpaired) electrons. The highest BCUT2D eigenvalue weighted by atomic mass is 35.5. The predicted molar refractivity (Wildman–Crippen MR) is 93.3 cm³/mol. The van der Waals surface area contributed by atoms with Crippen molar-refractivity contribution in [2.75, 3.05) is 13.2 Å². The molecule has 2 aromatic rings. The lowest BCUT2D eigenvalue weighted by Gasteiger charge is -2.26. The van der Waals surface area contributed by atoms with Gasteiger partial charge >= 0.3 is 0 Å². The topological polar surface area (TPSA) is 49.8 Å². The van der Waals surface area contributed by atoms with Crippen LogP contribution in [-0.4, -0.2) is 35.2 Å². The molecule has 1 aliphatic rings. The fourth-order valence-electron chi connectivity index (χ4n) is 2.91. The summed E-state index contributed by atoms with van der Waals surface area (Å²) in [6.07, 6.45) is 2.00. The molecule has 1 fully saturated rings. The third-order valence-corrected chi connectivity index (χ3v) is 4.39. The Morgan fingerprint density at radius 2 is 2.08 bits per heavy atom. The third kappa shape index (κ3) is 4.08. The molecule has 2 aromatic carbocycles. The standard InChI is InChI=1S/C19H20ClNO3/c20-16-7-3-6-14(11-16)19(23)21(13-17-8-4-10-24-17)12-15-5-1-2-9-18(15)22/h1-3,5-7,9,11,17,22H,4,8,10,12-13H2. The average Bonchev–Trinajstić information content (AvgIpc) is 3.08. The Hall–Kier alpha value is -2.04. The van der Waals surface area contributed by atoms with Gasteiger partial charge in [-0.3, -0.25) is 4.79 Å². The highest BCUT2D eigenvalue weighted by Crippen LogP contribution is 2.22. The van der Waals surface area contributed by atoms with Crippen molar-refractivity contribution in [1.82, 2.24) is 4.90 Å². The van der Waals surface area contributed by atoms with E-state index in [1.807, 2.05) is 12.1 Å². The van der Waals surface area contributed by atoms with Gasteiger partial charge < -0.3 is 14.7 Å². The zero-order valence-corrected chi connectivity index (χ0v) is 14.1. The number of hydrogen-bond donors (Lipinski definition) is 1. The fourth-order valence-corrected chi connectivity index (χ4v) is 3.10. The number of carbonyl (C=O) groups excluding carboxylic acids is 1. The van der Waals surface area contributed by atoms with Crippen LogP contribution in [0.25, 0.3) is 0 Å². The summed E-state index contributed by atoms with van der Waals surface area (Å²) < 4.78 is 5.68.